The minimum absolute atomic E-state index is 1.02. The molecule has 0 aliphatic carbocycles. The van der Waals surface area contributed by atoms with Crippen molar-refractivity contribution in [2.75, 3.05) is 0 Å². The van der Waals surface area contributed by atoms with Crippen molar-refractivity contribution in [3.05, 3.63) is 59.9 Å². The number of aromatic nitrogens is 2. The Kier molecular flexibility index (Phi) is 2.44. The van der Waals surface area contributed by atoms with Crippen molar-refractivity contribution in [2.24, 2.45) is 0 Å². The van der Waals surface area contributed by atoms with Crippen molar-refractivity contribution in [1.82, 2.24) is 9.38 Å². The summed E-state index contributed by atoms with van der Waals surface area (Å²) < 4.78 is 3.56. The van der Waals surface area contributed by atoms with Crippen LogP contribution in [0.15, 0.2) is 48.7 Å². The highest BCUT2D eigenvalue weighted by Gasteiger charge is 2.11. The minimum atomic E-state index is 1.02. The third-order valence-electron chi connectivity index (χ3n) is 3.61. The normalized spacial score (nSPS) is 11.5. The van der Waals surface area contributed by atoms with Gasteiger partial charge in [0, 0.05) is 10.4 Å². The lowest BCUT2D eigenvalue weighted by atomic mass is 10.2. The molecule has 3 aromatic heterocycles. The predicted molar refractivity (Wildman–Crippen MR) is 85.5 cm³/mol. The highest BCUT2D eigenvalue weighted by atomic mass is 32.1. The molecule has 3 heterocycles. The van der Waals surface area contributed by atoms with Crippen molar-refractivity contribution in [1.29, 1.82) is 0 Å². The zero-order valence-corrected chi connectivity index (χ0v) is 12.2. The van der Waals surface area contributed by atoms with Crippen LogP contribution in [0.3, 0.4) is 0 Å². The molecule has 0 saturated carbocycles. The second-order valence-corrected chi connectivity index (χ2v) is 6.24. The Balaban J connectivity index is 2.02. The molecular weight excluding hydrogens is 264 g/mol. The van der Waals surface area contributed by atoms with Gasteiger partial charge in [-0.25, -0.2) is 4.98 Å². The number of benzene rings is 1. The fraction of sp³-hybridized carbons (Fsp3) is 0.118. The summed E-state index contributed by atoms with van der Waals surface area (Å²) in [6.07, 6.45) is 1.98. The lowest BCUT2D eigenvalue weighted by molar-refractivity contribution is 1.09. The highest BCUT2D eigenvalue weighted by Crippen LogP contribution is 2.34. The van der Waals surface area contributed by atoms with Gasteiger partial charge in [0.1, 0.15) is 5.65 Å². The van der Waals surface area contributed by atoms with E-state index in [1.807, 2.05) is 17.5 Å². The van der Waals surface area contributed by atoms with Crippen LogP contribution in [0.5, 0.6) is 0 Å². The fourth-order valence-electron chi connectivity index (χ4n) is 2.76. The van der Waals surface area contributed by atoms with Gasteiger partial charge in [0.25, 0.3) is 0 Å². The average molecular weight is 278 g/mol. The molecule has 4 rings (SSSR count). The lowest BCUT2D eigenvalue weighted by Gasteiger charge is -2.05. The van der Waals surface area contributed by atoms with Crippen LogP contribution in [-0.4, -0.2) is 9.38 Å². The molecule has 2 nitrogen and oxygen atoms in total. The SMILES string of the molecule is Cc1cc(C)n2c(-c3cc4ccccc4s3)cnc2c1. The fourth-order valence-corrected chi connectivity index (χ4v) is 3.82. The molecule has 0 amide bonds. The summed E-state index contributed by atoms with van der Waals surface area (Å²) in [6.45, 7) is 4.25. The monoisotopic (exact) mass is 278 g/mol. The van der Waals surface area contributed by atoms with Gasteiger partial charge < -0.3 is 0 Å². The van der Waals surface area contributed by atoms with Crippen LogP contribution in [0.25, 0.3) is 26.3 Å². The maximum Gasteiger partial charge on any atom is 0.137 e. The third-order valence-corrected chi connectivity index (χ3v) is 4.75. The first kappa shape index (κ1) is 11.7. The molecule has 20 heavy (non-hydrogen) atoms. The zero-order valence-electron chi connectivity index (χ0n) is 11.4. The van der Waals surface area contributed by atoms with Crippen molar-refractivity contribution in [3.63, 3.8) is 0 Å². The molecule has 98 valence electrons. The van der Waals surface area contributed by atoms with Crippen LogP contribution in [0.2, 0.25) is 0 Å². The number of rotatable bonds is 1. The number of hydrogen-bond acceptors (Lipinski definition) is 2. The van der Waals surface area contributed by atoms with E-state index in [1.165, 1.54) is 31.9 Å². The molecular formula is C17H14N2S. The Hall–Kier alpha value is -2.13. The van der Waals surface area contributed by atoms with Gasteiger partial charge in [-0.15, -0.1) is 11.3 Å². The Bertz CT molecular complexity index is 898. The Morgan fingerprint density at radius 1 is 1.05 bits per heavy atom. The van der Waals surface area contributed by atoms with Crippen LogP contribution in [-0.2, 0) is 0 Å². The summed E-state index contributed by atoms with van der Waals surface area (Å²) >= 11 is 1.82. The second-order valence-electron chi connectivity index (χ2n) is 5.16. The quantitative estimate of drug-likeness (QED) is 0.487. The number of imidazole rings is 1. The first-order chi connectivity index (χ1) is 9.72. The average Bonchev–Trinajstić information content (AvgIpc) is 3.00. The predicted octanol–water partition coefficient (Wildman–Crippen LogP) is 4.83. The smallest absolute Gasteiger partial charge is 0.137 e. The van der Waals surface area contributed by atoms with E-state index < -0.39 is 0 Å². The number of fused-ring (bicyclic) bond motifs is 2. The Morgan fingerprint density at radius 3 is 2.75 bits per heavy atom. The number of hydrogen-bond donors (Lipinski definition) is 0. The zero-order chi connectivity index (χ0) is 13.7. The molecule has 0 N–H and O–H groups in total. The second kappa shape index (κ2) is 4.18. The number of aryl methyl sites for hydroxylation is 2. The Morgan fingerprint density at radius 2 is 1.90 bits per heavy atom. The van der Waals surface area contributed by atoms with Crippen molar-refractivity contribution in [3.8, 4) is 10.6 Å². The molecule has 0 radical (unpaired) electrons. The van der Waals surface area contributed by atoms with E-state index >= 15 is 0 Å². The topological polar surface area (TPSA) is 17.3 Å². The van der Waals surface area contributed by atoms with E-state index in [0.717, 1.165) is 5.65 Å². The van der Waals surface area contributed by atoms with Crippen LogP contribution >= 0.6 is 11.3 Å². The van der Waals surface area contributed by atoms with E-state index in [9.17, 15) is 0 Å². The number of thiophene rings is 1. The molecule has 3 heteroatoms. The Labute approximate surface area is 121 Å². The van der Waals surface area contributed by atoms with Crippen LogP contribution in [0.1, 0.15) is 11.3 Å². The largest absolute Gasteiger partial charge is 0.296 e. The molecule has 1 aromatic carbocycles. The molecule has 0 spiro atoms. The molecule has 0 unspecified atom stereocenters. The molecule has 0 bridgehead atoms. The van der Waals surface area contributed by atoms with Crippen molar-refractivity contribution in [2.45, 2.75) is 13.8 Å². The van der Waals surface area contributed by atoms with Gasteiger partial charge in [0.2, 0.25) is 0 Å². The molecule has 0 saturated heterocycles. The maximum atomic E-state index is 4.56. The van der Waals surface area contributed by atoms with Crippen LogP contribution < -0.4 is 0 Å². The highest BCUT2D eigenvalue weighted by molar-refractivity contribution is 7.22. The summed E-state index contributed by atoms with van der Waals surface area (Å²) in [6, 6.07) is 15.1. The molecule has 0 fully saturated rings. The van der Waals surface area contributed by atoms with Crippen LogP contribution in [0.4, 0.5) is 0 Å². The number of pyridine rings is 1. The van der Waals surface area contributed by atoms with Gasteiger partial charge in [-0.05, 0) is 49.1 Å². The summed E-state index contributed by atoms with van der Waals surface area (Å²) in [4.78, 5) is 5.83. The summed E-state index contributed by atoms with van der Waals surface area (Å²) in [5.41, 5.74) is 4.68. The molecule has 0 aliphatic heterocycles. The molecule has 4 aromatic rings. The van der Waals surface area contributed by atoms with E-state index in [4.69, 9.17) is 0 Å². The standard InChI is InChI=1S/C17H14N2S/c1-11-7-12(2)19-14(10-18-17(19)8-11)16-9-13-5-3-4-6-15(13)20-16/h3-10H,1-2H3. The first-order valence-electron chi connectivity index (χ1n) is 6.66. The van der Waals surface area contributed by atoms with E-state index in [1.54, 1.807) is 0 Å². The van der Waals surface area contributed by atoms with E-state index in [2.05, 4.69) is 65.7 Å². The lowest BCUT2D eigenvalue weighted by Crippen LogP contribution is -1.93. The third kappa shape index (κ3) is 1.67. The van der Waals surface area contributed by atoms with Gasteiger partial charge in [-0.2, -0.15) is 0 Å². The van der Waals surface area contributed by atoms with E-state index in [0.29, 0.717) is 0 Å². The molecule has 0 aliphatic rings. The van der Waals surface area contributed by atoms with Gasteiger partial charge in [0.05, 0.1) is 16.8 Å². The van der Waals surface area contributed by atoms with Gasteiger partial charge in [-0.3, -0.25) is 4.40 Å². The number of nitrogens with zero attached hydrogens (tertiary/aromatic N) is 2. The van der Waals surface area contributed by atoms with Crippen molar-refractivity contribution >= 4 is 27.1 Å². The maximum absolute atomic E-state index is 4.56. The minimum Gasteiger partial charge on any atom is -0.296 e. The van der Waals surface area contributed by atoms with Crippen LogP contribution in [0, 0.1) is 13.8 Å². The van der Waals surface area contributed by atoms with Gasteiger partial charge >= 0.3 is 0 Å². The molecule has 0 atom stereocenters. The van der Waals surface area contributed by atoms with E-state index in [-0.39, 0.29) is 0 Å². The van der Waals surface area contributed by atoms with Gasteiger partial charge in [-0.1, -0.05) is 18.2 Å². The summed E-state index contributed by atoms with van der Waals surface area (Å²) in [5.74, 6) is 0. The first-order valence-corrected chi connectivity index (χ1v) is 7.48. The van der Waals surface area contributed by atoms with Gasteiger partial charge in [0.15, 0.2) is 0 Å². The summed E-state index contributed by atoms with van der Waals surface area (Å²) in [5, 5.41) is 1.30. The van der Waals surface area contributed by atoms with Crippen molar-refractivity contribution < 1.29 is 0 Å². The summed E-state index contributed by atoms with van der Waals surface area (Å²) in [7, 11) is 0.